The van der Waals surface area contributed by atoms with Gasteiger partial charge >= 0.3 is 0 Å². The number of hydrogen-bond donors (Lipinski definition) is 1. The average Bonchev–Trinajstić information content (AvgIpc) is 3.37. The number of nitrogens with zero attached hydrogens (tertiary/aromatic N) is 3. The highest BCUT2D eigenvalue weighted by atomic mass is 32.1. The molecule has 0 saturated heterocycles. The summed E-state index contributed by atoms with van der Waals surface area (Å²) in [6.45, 7) is 1.74. The van der Waals surface area contributed by atoms with Crippen molar-refractivity contribution in [2.75, 3.05) is 5.32 Å². The topological polar surface area (TPSA) is 80.9 Å². The Kier molecular flexibility index (Phi) is 3.94. The van der Waals surface area contributed by atoms with Gasteiger partial charge < -0.3 is 4.52 Å². The van der Waals surface area contributed by atoms with Crippen LogP contribution in [-0.4, -0.2) is 21.0 Å². The highest BCUT2D eigenvalue weighted by molar-refractivity contribution is 7.16. The van der Waals surface area contributed by atoms with E-state index in [1.165, 1.54) is 22.3 Å². The molecule has 0 unspecified atom stereocenters. The number of hydrogen-bond acceptors (Lipinski definition) is 6. The monoisotopic (exact) mass is 394 g/mol. The summed E-state index contributed by atoms with van der Waals surface area (Å²) < 4.78 is 19.5. The zero-order valence-electron chi connectivity index (χ0n) is 15.0. The predicted octanol–water partition coefficient (Wildman–Crippen LogP) is 4.53. The van der Waals surface area contributed by atoms with Crippen LogP contribution < -0.4 is 5.32 Å². The number of aromatic nitrogens is 3. The molecule has 0 atom stereocenters. The number of nitrogens with one attached hydrogen (secondary N) is 1. The Morgan fingerprint density at radius 1 is 1.25 bits per heavy atom. The highest BCUT2D eigenvalue weighted by Crippen LogP contribution is 2.32. The molecule has 0 spiro atoms. The van der Waals surface area contributed by atoms with Gasteiger partial charge in [0.1, 0.15) is 5.82 Å². The fourth-order valence-electron chi connectivity index (χ4n) is 3.49. The number of benzene rings is 1. The van der Waals surface area contributed by atoms with Gasteiger partial charge in [-0.15, -0.1) is 11.3 Å². The summed E-state index contributed by atoms with van der Waals surface area (Å²) in [4.78, 5) is 23.1. The zero-order valence-corrected chi connectivity index (χ0v) is 15.8. The van der Waals surface area contributed by atoms with E-state index in [1.807, 2.05) is 0 Å². The van der Waals surface area contributed by atoms with Gasteiger partial charge in [0.15, 0.2) is 5.13 Å². The molecule has 1 amide bonds. The second-order valence-electron chi connectivity index (χ2n) is 6.68. The summed E-state index contributed by atoms with van der Waals surface area (Å²) in [7, 11) is 0. The predicted molar refractivity (Wildman–Crippen MR) is 104 cm³/mol. The Hall–Kier alpha value is -3.13. The second kappa shape index (κ2) is 6.49. The van der Waals surface area contributed by atoms with Gasteiger partial charge in [0, 0.05) is 10.4 Å². The van der Waals surface area contributed by atoms with Crippen LogP contribution in [0.4, 0.5) is 9.52 Å². The van der Waals surface area contributed by atoms with E-state index in [1.54, 1.807) is 31.2 Å². The second-order valence-corrected chi connectivity index (χ2v) is 7.76. The lowest BCUT2D eigenvalue weighted by Gasteiger charge is -2.07. The molecule has 3 aromatic heterocycles. The zero-order chi connectivity index (χ0) is 19.3. The van der Waals surface area contributed by atoms with Crippen molar-refractivity contribution in [2.45, 2.75) is 26.2 Å². The maximum absolute atomic E-state index is 14.3. The van der Waals surface area contributed by atoms with E-state index >= 15 is 0 Å². The van der Waals surface area contributed by atoms with Gasteiger partial charge in [0.05, 0.1) is 28.0 Å². The Labute approximate surface area is 163 Å². The quantitative estimate of drug-likeness (QED) is 0.552. The lowest BCUT2D eigenvalue weighted by Crippen LogP contribution is -2.13. The van der Waals surface area contributed by atoms with E-state index in [0.717, 1.165) is 25.0 Å². The molecule has 5 rings (SSSR count). The van der Waals surface area contributed by atoms with Crippen LogP contribution in [0.5, 0.6) is 0 Å². The first-order valence-corrected chi connectivity index (χ1v) is 9.73. The number of pyridine rings is 1. The molecule has 3 heterocycles. The van der Waals surface area contributed by atoms with E-state index in [9.17, 15) is 9.18 Å². The van der Waals surface area contributed by atoms with Crippen molar-refractivity contribution in [2.24, 2.45) is 0 Å². The third kappa shape index (κ3) is 2.77. The van der Waals surface area contributed by atoms with Crippen molar-refractivity contribution >= 4 is 33.5 Å². The lowest BCUT2D eigenvalue weighted by atomic mass is 10.0. The van der Waals surface area contributed by atoms with Crippen molar-refractivity contribution in [1.29, 1.82) is 0 Å². The molecule has 1 N–H and O–H groups in total. The first kappa shape index (κ1) is 17.0. The van der Waals surface area contributed by atoms with E-state index in [0.29, 0.717) is 33.0 Å². The minimum atomic E-state index is -0.423. The molecule has 1 aromatic carbocycles. The van der Waals surface area contributed by atoms with E-state index in [4.69, 9.17) is 4.52 Å². The number of carbonyl (C=O) groups excluding carboxylic acids is 1. The largest absolute Gasteiger partial charge is 0.335 e. The number of amides is 1. The molecule has 140 valence electrons. The lowest BCUT2D eigenvalue weighted by molar-refractivity contribution is 0.102. The molecule has 0 saturated carbocycles. The van der Waals surface area contributed by atoms with Crippen molar-refractivity contribution in [1.82, 2.24) is 15.1 Å². The van der Waals surface area contributed by atoms with Crippen LogP contribution in [0.3, 0.4) is 0 Å². The maximum Gasteiger partial charge on any atom is 0.259 e. The number of anilines is 1. The van der Waals surface area contributed by atoms with Crippen LogP contribution in [0.2, 0.25) is 0 Å². The molecule has 4 aromatic rings. The summed E-state index contributed by atoms with van der Waals surface area (Å²) in [5.41, 5.74) is 2.75. The molecule has 0 radical (unpaired) electrons. The normalized spacial score (nSPS) is 13.1. The molecule has 1 aliphatic rings. The van der Waals surface area contributed by atoms with Gasteiger partial charge in [0.25, 0.3) is 11.6 Å². The number of thiazole rings is 1. The Balaban J connectivity index is 1.59. The van der Waals surface area contributed by atoms with Gasteiger partial charge in [0.2, 0.25) is 0 Å². The molecular formula is C20H15FN4O2S. The molecule has 0 aliphatic heterocycles. The Morgan fingerprint density at radius 3 is 2.93 bits per heavy atom. The van der Waals surface area contributed by atoms with Gasteiger partial charge in [-0.3, -0.25) is 10.1 Å². The fraction of sp³-hybridized carbons (Fsp3) is 0.200. The number of carbonyl (C=O) groups is 1. The van der Waals surface area contributed by atoms with E-state index in [2.05, 4.69) is 20.4 Å². The molecule has 8 heteroatoms. The van der Waals surface area contributed by atoms with E-state index < -0.39 is 5.82 Å². The summed E-state index contributed by atoms with van der Waals surface area (Å²) in [5.74, 6) is -0.767. The van der Waals surface area contributed by atoms with Gasteiger partial charge in [-0.25, -0.2) is 14.4 Å². The third-order valence-electron chi connectivity index (χ3n) is 4.83. The van der Waals surface area contributed by atoms with Crippen molar-refractivity contribution in [3.8, 4) is 11.3 Å². The van der Waals surface area contributed by atoms with Crippen LogP contribution in [0.25, 0.3) is 22.4 Å². The van der Waals surface area contributed by atoms with E-state index in [-0.39, 0.29) is 11.6 Å². The van der Waals surface area contributed by atoms with Crippen LogP contribution in [0.15, 0.2) is 34.9 Å². The molecule has 6 nitrogen and oxygen atoms in total. The minimum Gasteiger partial charge on any atom is -0.335 e. The van der Waals surface area contributed by atoms with Gasteiger partial charge in [-0.1, -0.05) is 17.3 Å². The van der Waals surface area contributed by atoms with Crippen LogP contribution in [0.1, 0.15) is 33.0 Å². The Morgan fingerprint density at radius 2 is 2.11 bits per heavy atom. The molecular weight excluding hydrogens is 379 g/mol. The van der Waals surface area contributed by atoms with Crippen LogP contribution >= 0.6 is 11.3 Å². The van der Waals surface area contributed by atoms with Crippen LogP contribution in [-0.2, 0) is 12.8 Å². The van der Waals surface area contributed by atoms with Crippen LogP contribution in [0, 0.1) is 12.7 Å². The van der Waals surface area contributed by atoms with Crippen molar-refractivity contribution < 1.29 is 13.7 Å². The van der Waals surface area contributed by atoms with Gasteiger partial charge in [-0.05, 0) is 44.4 Å². The fourth-order valence-corrected chi connectivity index (χ4v) is 4.53. The standard InChI is InChI=1S/C20H15FN4O2S/c1-10-17-12(18(26)24-20-23-14-7-4-8-16(14)28-20)9-15(22-19(17)27-25-10)11-5-2-3-6-13(11)21/h2-3,5-6,9H,4,7-8H2,1H3,(H,23,24,26). The average molecular weight is 394 g/mol. The molecule has 1 aliphatic carbocycles. The minimum absolute atomic E-state index is 0.199. The summed E-state index contributed by atoms with van der Waals surface area (Å²) >= 11 is 1.50. The van der Waals surface area contributed by atoms with Gasteiger partial charge in [-0.2, -0.15) is 0 Å². The SMILES string of the molecule is Cc1noc2nc(-c3ccccc3F)cc(C(=O)Nc3nc4c(s3)CCC4)c12. The molecule has 0 bridgehead atoms. The number of halogens is 1. The summed E-state index contributed by atoms with van der Waals surface area (Å²) in [6, 6.07) is 7.85. The summed E-state index contributed by atoms with van der Waals surface area (Å²) in [5, 5.41) is 7.87. The first-order valence-electron chi connectivity index (χ1n) is 8.92. The number of aryl methyl sites for hydroxylation is 3. The smallest absolute Gasteiger partial charge is 0.259 e. The third-order valence-corrected chi connectivity index (χ3v) is 5.90. The number of fused-ring (bicyclic) bond motifs is 2. The van der Waals surface area contributed by atoms with Crippen molar-refractivity contribution in [3.05, 3.63) is 58.0 Å². The number of rotatable bonds is 3. The maximum atomic E-state index is 14.3. The summed E-state index contributed by atoms with van der Waals surface area (Å²) in [6.07, 6.45) is 3.06. The van der Waals surface area contributed by atoms with Crippen molar-refractivity contribution in [3.63, 3.8) is 0 Å². The Bertz CT molecular complexity index is 1210. The molecule has 0 fully saturated rings. The highest BCUT2D eigenvalue weighted by Gasteiger charge is 2.23. The first-order chi connectivity index (χ1) is 13.6. The molecule has 28 heavy (non-hydrogen) atoms.